The lowest BCUT2D eigenvalue weighted by Crippen LogP contribution is -2.51. The highest BCUT2D eigenvalue weighted by Gasteiger charge is 2.32. The van der Waals surface area contributed by atoms with Gasteiger partial charge in [0.25, 0.3) is 0 Å². The molecule has 0 saturated carbocycles. The molecule has 3 N–H and O–H groups in total. The van der Waals surface area contributed by atoms with E-state index in [0.717, 1.165) is 32.5 Å². The van der Waals surface area contributed by atoms with Crippen molar-refractivity contribution in [1.29, 1.82) is 0 Å². The Morgan fingerprint density at radius 3 is 2.89 bits per heavy atom. The quantitative estimate of drug-likeness (QED) is 0.771. The van der Waals surface area contributed by atoms with E-state index in [1.807, 2.05) is 6.92 Å². The number of rotatable bonds is 5. The molecule has 0 spiro atoms. The minimum absolute atomic E-state index is 0.159. The van der Waals surface area contributed by atoms with Crippen molar-refractivity contribution in [2.24, 2.45) is 5.73 Å². The van der Waals surface area contributed by atoms with Gasteiger partial charge in [0.2, 0.25) is 0 Å². The molecule has 3 atom stereocenters. The Bertz CT molecular complexity index is 281. The number of ether oxygens (including phenoxy) is 1. The Labute approximate surface area is 109 Å². The monoisotopic (exact) mass is 258 g/mol. The van der Waals surface area contributed by atoms with Crippen LogP contribution in [0.25, 0.3) is 0 Å². The van der Waals surface area contributed by atoms with Crippen LogP contribution >= 0.6 is 0 Å². The van der Waals surface area contributed by atoms with E-state index < -0.39 is 11.5 Å². The van der Waals surface area contributed by atoms with E-state index in [1.165, 1.54) is 0 Å². The first-order chi connectivity index (χ1) is 8.36. The number of carboxylic acids is 1. The number of nitrogens with two attached hydrogens (primary N) is 1. The lowest BCUT2D eigenvalue weighted by atomic mass is 9.94. The zero-order chi connectivity index (χ0) is 13.8. The first kappa shape index (κ1) is 15.4. The normalized spacial score (nSPS) is 27.2. The Morgan fingerprint density at radius 2 is 2.33 bits per heavy atom. The van der Waals surface area contributed by atoms with Gasteiger partial charge in [-0.05, 0) is 33.1 Å². The molecule has 3 unspecified atom stereocenters. The summed E-state index contributed by atoms with van der Waals surface area (Å²) in [4.78, 5) is 13.4. The van der Waals surface area contributed by atoms with E-state index in [9.17, 15) is 4.79 Å². The van der Waals surface area contributed by atoms with Gasteiger partial charge in [0.15, 0.2) is 0 Å². The molecule has 0 aromatic heterocycles. The largest absolute Gasteiger partial charge is 0.480 e. The molecule has 5 nitrogen and oxygen atoms in total. The molecule has 1 heterocycles. The van der Waals surface area contributed by atoms with E-state index in [0.29, 0.717) is 6.42 Å². The average Bonchev–Trinajstić information content (AvgIpc) is 2.53. The number of aliphatic carboxylic acids is 1. The molecule has 1 rings (SSSR count). The van der Waals surface area contributed by atoms with Crippen molar-refractivity contribution in [1.82, 2.24) is 4.90 Å². The van der Waals surface area contributed by atoms with Gasteiger partial charge in [-0.25, -0.2) is 0 Å². The molecular formula is C13H26N2O3. The van der Waals surface area contributed by atoms with E-state index in [2.05, 4.69) is 11.8 Å². The Balaban J connectivity index is 2.59. The third-order valence-electron chi connectivity index (χ3n) is 3.67. The van der Waals surface area contributed by atoms with Crippen LogP contribution in [0.15, 0.2) is 0 Å². The zero-order valence-electron chi connectivity index (χ0n) is 11.7. The maximum Gasteiger partial charge on any atom is 0.323 e. The highest BCUT2D eigenvalue weighted by molar-refractivity contribution is 5.77. The van der Waals surface area contributed by atoms with Crippen molar-refractivity contribution >= 4 is 5.97 Å². The average molecular weight is 258 g/mol. The number of nitrogens with zero attached hydrogens (tertiary/aromatic N) is 1. The summed E-state index contributed by atoms with van der Waals surface area (Å²) >= 11 is 0. The van der Waals surface area contributed by atoms with Crippen LogP contribution in [0, 0.1) is 0 Å². The molecule has 1 fully saturated rings. The topological polar surface area (TPSA) is 75.8 Å². The van der Waals surface area contributed by atoms with Crippen LogP contribution in [0.3, 0.4) is 0 Å². The van der Waals surface area contributed by atoms with Gasteiger partial charge in [-0.3, -0.25) is 9.69 Å². The number of hydrogen-bond acceptors (Lipinski definition) is 4. The third kappa shape index (κ3) is 4.23. The maximum atomic E-state index is 11.1. The summed E-state index contributed by atoms with van der Waals surface area (Å²) in [5, 5.41) is 9.07. The second-order valence-corrected chi connectivity index (χ2v) is 5.53. The van der Waals surface area contributed by atoms with Gasteiger partial charge in [0, 0.05) is 25.7 Å². The van der Waals surface area contributed by atoms with Gasteiger partial charge < -0.3 is 15.6 Å². The third-order valence-corrected chi connectivity index (χ3v) is 3.67. The van der Waals surface area contributed by atoms with Crippen LogP contribution in [0.2, 0.25) is 0 Å². The molecule has 1 saturated heterocycles. The number of hydrogen-bond donors (Lipinski definition) is 2. The van der Waals surface area contributed by atoms with E-state index >= 15 is 0 Å². The summed E-state index contributed by atoms with van der Waals surface area (Å²) in [7, 11) is 0. The molecule has 0 aromatic carbocycles. The number of carbonyl (C=O) groups is 1. The Kier molecular flexibility index (Phi) is 5.56. The van der Waals surface area contributed by atoms with E-state index in [4.69, 9.17) is 15.6 Å². The van der Waals surface area contributed by atoms with Gasteiger partial charge in [0.05, 0.1) is 6.10 Å². The fourth-order valence-corrected chi connectivity index (χ4v) is 2.40. The minimum atomic E-state index is -1.16. The van der Waals surface area contributed by atoms with Crippen molar-refractivity contribution in [2.45, 2.75) is 57.7 Å². The molecule has 0 radical (unpaired) electrons. The Morgan fingerprint density at radius 1 is 1.67 bits per heavy atom. The lowest BCUT2D eigenvalue weighted by molar-refractivity contribution is -0.143. The lowest BCUT2D eigenvalue weighted by Gasteiger charge is -2.33. The number of carboxylic acid groups (broad SMARTS) is 1. The fraction of sp³-hybridized carbons (Fsp3) is 0.923. The summed E-state index contributed by atoms with van der Waals surface area (Å²) in [5.41, 5.74) is 4.66. The standard InChI is InChI=1S/C13H26N2O3/c1-4-11-9-15(6-5-7-18-11)10(2)8-13(3,14)12(16)17/h10-11H,4-9,14H2,1-3H3,(H,16,17). The smallest absolute Gasteiger partial charge is 0.323 e. The van der Waals surface area contributed by atoms with Crippen molar-refractivity contribution in [3.63, 3.8) is 0 Å². The van der Waals surface area contributed by atoms with Crippen molar-refractivity contribution in [3.8, 4) is 0 Å². The van der Waals surface area contributed by atoms with Crippen LogP contribution in [0.1, 0.15) is 40.0 Å². The van der Waals surface area contributed by atoms with Crippen LogP contribution in [0.5, 0.6) is 0 Å². The van der Waals surface area contributed by atoms with Crippen molar-refractivity contribution in [3.05, 3.63) is 0 Å². The molecule has 0 amide bonds. The summed E-state index contributed by atoms with van der Waals surface area (Å²) in [6.07, 6.45) is 2.69. The first-order valence-electron chi connectivity index (χ1n) is 6.74. The highest BCUT2D eigenvalue weighted by Crippen LogP contribution is 2.18. The van der Waals surface area contributed by atoms with E-state index in [-0.39, 0.29) is 12.1 Å². The molecule has 1 aliphatic heterocycles. The molecular weight excluding hydrogens is 232 g/mol. The molecule has 5 heteroatoms. The summed E-state index contributed by atoms with van der Waals surface area (Å²) in [6, 6.07) is 0.159. The van der Waals surface area contributed by atoms with Gasteiger partial charge >= 0.3 is 5.97 Å². The molecule has 1 aliphatic rings. The van der Waals surface area contributed by atoms with Crippen LogP contribution in [-0.4, -0.2) is 53.4 Å². The van der Waals surface area contributed by atoms with Gasteiger partial charge in [-0.15, -0.1) is 0 Å². The first-order valence-corrected chi connectivity index (χ1v) is 6.74. The Hall–Kier alpha value is -0.650. The van der Waals surface area contributed by atoms with Crippen molar-refractivity contribution < 1.29 is 14.6 Å². The molecule has 0 bridgehead atoms. The van der Waals surface area contributed by atoms with Gasteiger partial charge in [-0.1, -0.05) is 6.92 Å². The molecule has 0 aromatic rings. The predicted molar refractivity (Wildman–Crippen MR) is 70.5 cm³/mol. The highest BCUT2D eigenvalue weighted by atomic mass is 16.5. The van der Waals surface area contributed by atoms with Crippen LogP contribution < -0.4 is 5.73 Å². The van der Waals surface area contributed by atoms with Gasteiger partial charge in [-0.2, -0.15) is 0 Å². The van der Waals surface area contributed by atoms with Gasteiger partial charge in [0.1, 0.15) is 5.54 Å². The maximum absolute atomic E-state index is 11.1. The molecule has 0 aliphatic carbocycles. The second-order valence-electron chi connectivity index (χ2n) is 5.53. The fourth-order valence-electron chi connectivity index (χ4n) is 2.40. The summed E-state index contributed by atoms with van der Waals surface area (Å²) < 4.78 is 5.72. The zero-order valence-corrected chi connectivity index (χ0v) is 11.7. The molecule has 106 valence electrons. The minimum Gasteiger partial charge on any atom is -0.480 e. The van der Waals surface area contributed by atoms with Crippen LogP contribution in [0.4, 0.5) is 0 Å². The summed E-state index contributed by atoms with van der Waals surface area (Å²) in [5.74, 6) is -0.938. The summed E-state index contributed by atoms with van der Waals surface area (Å²) in [6.45, 7) is 8.36. The molecule has 18 heavy (non-hydrogen) atoms. The SMILES string of the molecule is CCC1CN(C(C)CC(C)(N)C(=O)O)CCCO1. The second kappa shape index (κ2) is 6.50. The van der Waals surface area contributed by atoms with E-state index in [1.54, 1.807) is 6.92 Å². The van der Waals surface area contributed by atoms with Crippen molar-refractivity contribution in [2.75, 3.05) is 19.7 Å². The predicted octanol–water partition coefficient (Wildman–Crippen LogP) is 1.07. The van der Waals surface area contributed by atoms with Crippen LogP contribution in [-0.2, 0) is 9.53 Å².